The molecule has 0 saturated heterocycles. The Morgan fingerprint density at radius 3 is 2.82 bits per heavy atom. The van der Waals surface area contributed by atoms with Crippen LogP contribution < -0.4 is 0 Å². The standard InChI is InChI=1S/C22H18ClN3O2/c23-18-5-2-1-4-17(18)20-8-7-16(28-20)14-26-10-9-19-15(13-26)12-24-22(25-19)21-6-3-11-27-21/h1-8,11-12H,9-10,13-14H2. The van der Waals surface area contributed by atoms with Gasteiger partial charge in [-0.25, -0.2) is 9.97 Å². The number of halogens is 1. The zero-order valence-electron chi connectivity index (χ0n) is 15.1. The monoisotopic (exact) mass is 391 g/mol. The van der Waals surface area contributed by atoms with Crippen LogP contribution in [0.5, 0.6) is 0 Å². The molecule has 6 heteroatoms. The van der Waals surface area contributed by atoms with Gasteiger partial charge in [0.2, 0.25) is 0 Å². The normalized spacial score (nSPS) is 14.2. The van der Waals surface area contributed by atoms with E-state index in [9.17, 15) is 0 Å². The summed E-state index contributed by atoms with van der Waals surface area (Å²) >= 11 is 6.27. The van der Waals surface area contributed by atoms with Crippen LogP contribution in [0.15, 0.2) is 69.8 Å². The van der Waals surface area contributed by atoms with Crippen molar-refractivity contribution in [3.05, 3.63) is 83.0 Å². The summed E-state index contributed by atoms with van der Waals surface area (Å²) in [5.74, 6) is 3.07. The fourth-order valence-corrected chi connectivity index (χ4v) is 3.75. The third-order valence-corrected chi connectivity index (χ3v) is 5.26. The minimum atomic E-state index is 0.646. The Kier molecular flexibility index (Phi) is 4.47. The molecule has 0 spiro atoms. The number of nitrogens with zero attached hydrogens (tertiary/aromatic N) is 3. The smallest absolute Gasteiger partial charge is 0.195 e. The number of benzene rings is 1. The molecule has 140 valence electrons. The molecular formula is C22H18ClN3O2. The van der Waals surface area contributed by atoms with Gasteiger partial charge in [0.05, 0.1) is 23.5 Å². The molecule has 4 aromatic rings. The first-order valence-corrected chi connectivity index (χ1v) is 9.59. The highest BCUT2D eigenvalue weighted by Gasteiger charge is 2.20. The second-order valence-corrected chi connectivity index (χ2v) is 7.26. The fourth-order valence-electron chi connectivity index (χ4n) is 3.52. The van der Waals surface area contributed by atoms with Crippen LogP contribution in [0.2, 0.25) is 5.02 Å². The summed E-state index contributed by atoms with van der Waals surface area (Å²) in [6.45, 7) is 2.46. The molecule has 0 atom stereocenters. The molecular weight excluding hydrogens is 374 g/mol. The van der Waals surface area contributed by atoms with Crippen LogP contribution in [0, 0.1) is 0 Å². The van der Waals surface area contributed by atoms with Gasteiger partial charge in [0, 0.05) is 36.8 Å². The Morgan fingerprint density at radius 1 is 1.04 bits per heavy atom. The highest BCUT2D eigenvalue weighted by molar-refractivity contribution is 6.33. The van der Waals surface area contributed by atoms with Crippen LogP contribution >= 0.6 is 11.6 Å². The average Bonchev–Trinajstić information content (AvgIpc) is 3.40. The van der Waals surface area contributed by atoms with Gasteiger partial charge in [-0.05, 0) is 36.4 Å². The molecule has 0 saturated carbocycles. The van der Waals surface area contributed by atoms with Gasteiger partial charge < -0.3 is 8.83 Å². The summed E-state index contributed by atoms with van der Waals surface area (Å²) in [6, 6.07) is 15.4. The minimum absolute atomic E-state index is 0.646. The van der Waals surface area contributed by atoms with E-state index < -0.39 is 0 Å². The molecule has 28 heavy (non-hydrogen) atoms. The van der Waals surface area contributed by atoms with Crippen LogP contribution in [-0.4, -0.2) is 21.4 Å². The Bertz CT molecular complexity index is 1100. The van der Waals surface area contributed by atoms with E-state index >= 15 is 0 Å². The Balaban J connectivity index is 1.30. The first-order valence-electron chi connectivity index (χ1n) is 9.21. The van der Waals surface area contributed by atoms with E-state index in [-0.39, 0.29) is 0 Å². The molecule has 0 unspecified atom stereocenters. The first kappa shape index (κ1) is 17.2. The van der Waals surface area contributed by atoms with Crippen LogP contribution in [0.1, 0.15) is 17.0 Å². The van der Waals surface area contributed by atoms with Crippen molar-refractivity contribution in [3.63, 3.8) is 0 Å². The van der Waals surface area contributed by atoms with Crippen molar-refractivity contribution in [1.29, 1.82) is 0 Å². The number of fused-ring (bicyclic) bond motifs is 1. The first-order chi connectivity index (χ1) is 13.8. The van der Waals surface area contributed by atoms with Crippen molar-refractivity contribution < 1.29 is 8.83 Å². The van der Waals surface area contributed by atoms with E-state index in [2.05, 4.69) is 14.9 Å². The summed E-state index contributed by atoms with van der Waals surface area (Å²) in [6.07, 6.45) is 4.42. The summed E-state index contributed by atoms with van der Waals surface area (Å²) < 4.78 is 11.4. The summed E-state index contributed by atoms with van der Waals surface area (Å²) in [5, 5.41) is 0.694. The maximum atomic E-state index is 6.27. The fraction of sp³-hybridized carbons (Fsp3) is 0.182. The van der Waals surface area contributed by atoms with Crippen molar-refractivity contribution in [2.24, 2.45) is 0 Å². The maximum Gasteiger partial charge on any atom is 0.195 e. The highest BCUT2D eigenvalue weighted by Crippen LogP contribution is 2.30. The zero-order valence-corrected chi connectivity index (χ0v) is 15.9. The number of aromatic nitrogens is 2. The Hall–Kier alpha value is -2.89. The van der Waals surface area contributed by atoms with E-state index in [0.29, 0.717) is 16.6 Å². The average molecular weight is 392 g/mol. The molecule has 0 amide bonds. The van der Waals surface area contributed by atoms with Gasteiger partial charge in [-0.15, -0.1) is 0 Å². The largest absolute Gasteiger partial charge is 0.461 e. The van der Waals surface area contributed by atoms with Crippen molar-refractivity contribution in [3.8, 4) is 22.9 Å². The molecule has 5 rings (SSSR count). The van der Waals surface area contributed by atoms with Crippen LogP contribution in [0.3, 0.4) is 0 Å². The summed E-state index contributed by atoms with van der Waals surface area (Å²) in [7, 11) is 0. The van der Waals surface area contributed by atoms with Gasteiger partial charge in [-0.2, -0.15) is 0 Å². The van der Waals surface area contributed by atoms with Crippen molar-refractivity contribution in [2.45, 2.75) is 19.5 Å². The van der Waals surface area contributed by atoms with Crippen LogP contribution in [0.25, 0.3) is 22.9 Å². The van der Waals surface area contributed by atoms with Gasteiger partial charge in [-0.1, -0.05) is 23.7 Å². The molecule has 1 aromatic carbocycles. The minimum Gasteiger partial charge on any atom is -0.461 e. The number of rotatable bonds is 4. The number of hydrogen-bond donors (Lipinski definition) is 0. The molecule has 1 aliphatic rings. The topological polar surface area (TPSA) is 55.3 Å². The van der Waals surface area contributed by atoms with Crippen LogP contribution in [0.4, 0.5) is 0 Å². The molecule has 1 aliphatic heterocycles. The van der Waals surface area contributed by atoms with Gasteiger partial charge in [0.25, 0.3) is 0 Å². The molecule has 0 bridgehead atoms. The molecule has 5 nitrogen and oxygen atoms in total. The molecule has 3 aromatic heterocycles. The molecule has 0 aliphatic carbocycles. The Morgan fingerprint density at radius 2 is 1.96 bits per heavy atom. The second kappa shape index (κ2) is 7.26. The lowest BCUT2D eigenvalue weighted by Gasteiger charge is -2.27. The van der Waals surface area contributed by atoms with Crippen LogP contribution in [-0.2, 0) is 19.5 Å². The second-order valence-electron chi connectivity index (χ2n) is 6.85. The van der Waals surface area contributed by atoms with E-state index in [1.807, 2.05) is 54.7 Å². The van der Waals surface area contributed by atoms with E-state index in [1.54, 1.807) is 6.26 Å². The quantitative estimate of drug-likeness (QED) is 0.478. The Labute approximate surface area is 167 Å². The van der Waals surface area contributed by atoms with Crippen molar-refractivity contribution in [1.82, 2.24) is 14.9 Å². The third kappa shape index (κ3) is 3.35. The predicted molar refractivity (Wildman–Crippen MR) is 107 cm³/mol. The van der Waals surface area contributed by atoms with Gasteiger partial charge in [0.15, 0.2) is 11.6 Å². The lowest BCUT2D eigenvalue weighted by atomic mass is 10.1. The molecule has 0 radical (unpaired) electrons. The van der Waals surface area contributed by atoms with E-state index in [1.165, 1.54) is 0 Å². The van der Waals surface area contributed by atoms with Crippen molar-refractivity contribution >= 4 is 11.6 Å². The maximum absolute atomic E-state index is 6.27. The number of furan rings is 2. The molecule has 4 heterocycles. The van der Waals surface area contributed by atoms with Gasteiger partial charge in [-0.3, -0.25) is 4.90 Å². The molecule has 0 N–H and O–H groups in total. The lowest BCUT2D eigenvalue weighted by molar-refractivity contribution is 0.224. The lowest BCUT2D eigenvalue weighted by Crippen LogP contribution is -2.30. The SMILES string of the molecule is Clc1ccccc1-c1ccc(CN2CCc3nc(-c4ccco4)ncc3C2)o1. The highest BCUT2D eigenvalue weighted by atomic mass is 35.5. The van der Waals surface area contributed by atoms with Gasteiger partial charge in [0.1, 0.15) is 11.5 Å². The van der Waals surface area contributed by atoms with E-state index in [4.69, 9.17) is 20.4 Å². The van der Waals surface area contributed by atoms with Crippen molar-refractivity contribution in [2.75, 3.05) is 6.54 Å². The zero-order chi connectivity index (χ0) is 18.9. The summed E-state index contributed by atoms with van der Waals surface area (Å²) in [5.41, 5.74) is 3.16. The van der Waals surface area contributed by atoms with Gasteiger partial charge >= 0.3 is 0 Å². The van der Waals surface area contributed by atoms with E-state index in [0.717, 1.165) is 54.4 Å². The summed E-state index contributed by atoms with van der Waals surface area (Å²) in [4.78, 5) is 11.5. The number of hydrogen-bond acceptors (Lipinski definition) is 5. The predicted octanol–water partition coefficient (Wildman–Crippen LogP) is 5.21. The third-order valence-electron chi connectivity index (χ3n) is 4.93. The molecule has 0 fully saturated rings.